The van der Waals surface area contributed by atoms with Gasteiger partial charge in [-0.25, -0.2) is 13.1 Å². The first kappa shape index (κ1) is 16.7. The maximum atomic E-state index is 12.0. The molecule has 6 heteroatoms. The molecule has 0 saturated heterocycles. The van der Waals surface area contributed by atoms with Crippen molar-refractivity contribution in [1.82, 2.24) is 4.72 Å². The summed E-state index contributed by atoms with van der Waals surface area (Å²) in [7, 11) is -1.85. The highest BCUT2D eigenvalue weighted by molar-refractivity contribution is 7.89. The summed E-state index contributed by atoms with van der Waals surface area (Å²) in [5.74, 6) is 0.620. The van der Waals surface area contributed by atoms with Gasteiger partial charge in [0.15, 0.2) is 0 Å². The Morgan fingerprint density at radius 3 is 2.50 bits per heavy atom. The second kappa shape index (κ2) is 8.73. The van der Waals surface area contributed by atoms with Crippen molar-refractivity contribution in [3.63, 3.8) is 0 Å². The van der Waals surface area contributed by atoms with Gasteiger partial charge < -0.3 is 9.47 Å². The van der Waals surface area contributed by atoms with Gasteiger partial charge >= 0.3 is 0 Å². The minimum absolute atomic E-state index is 0.233. The average molecular weight is 299 g/mol. The number of nitrogens with one attached hydrogen (secondary N) is 1. The molecule has 0 saturated carbocycles. The molecule has 1 rings (SSSR count). The van der Waals surface area contributed by atoms with Crippen LogP contribution in [0.25, 0.3) is 0 Å². The normalized spacial score (nSPS) is 11.9. The first-order valence-corrected chi connectivity index (χ1v) is 7.91. The Hall–Kier alpha value is -1.37. The van der Waals surface area contributed by atoms with E-state index in [2.05, 4.69) is 4.72 Å². The Balaban J connectivity index is 2.57. The van der Waals surface area contributed by atoms with E-state index in [1.807, 2.05) is 19.1 Å². The van der Waals surface area contributed by atoms with E-state index >= 15 is 0 Å². The molecule has 0 heterocycles. The molecule has 0 atom stereocenters. The topological polar surface area (TPSA) is 64.6 Å². The Morgan fingerprint density at radius 1 is 1.20 bits per heavy atom. The van der Waals surface area contributed by atoms with E-state index in [0.717, 1.165) is 0 Å². The summed E-state index contributed by atoms with van der Waals surface area (Å²) in [6, 6.07) is 6.33. The van der Waals surface area contributed by atoms with E-state index in [0.29, 0.717) is 31.9 Å². The zero-order chi connectivity index (χ0) is 14.8. The van der Waals surface area contributed by atoms with Crippen LogP contribution >= 0.6 is 0 Å². The van der Waals surface area contributed by atoms with Crippen molar-refractivity contribution >= 4 is 10.0 Å². The molecule has 0 amide bonds. The second-order valence-corrected chi connectivity index (χ2v) is 5.84. The maximum Gasteiger partial charge on any atom is 0.240 e. The van der Waals surface area contributed by atoms with Crippen LogP contribution in [0.3, 0.4) is 0 Å². The van der Waals surface area contributed by atoms with Crippen molar-refractivity contribution in [3.05, 3.63) is 36.4 Å². The second-order valence-electron chi connectivity index (χ2n) is 4.07. The van der Waals surface area contributed by atoms with Crippen LogP contribution in [0.2, 0.25) is 0 Å². The minimum atomic E-state index is -3.45. The number of hydrogen-bond donors (Lipinski definition) is 1. The number of rotatable bonds is 9. The minimum Gasteiger partial charge on any atom is -0.491 e. The van der Waals surface area contributed by atoms with Crippen LogP contribution in [0.4, 0.5) is 0 Å². The van der Waals surface area contributed by atoms with Crippen molar-refractivity contribution in [3.8, 4) is 5.75 Å². The first-order chi connectivity index (χ1) is 9.60. The van der Waals surface area contributed by atoms with Crippen molar-refractivity contribution in [2.75, 3.05) is 26.9 Å². The van der Waals surface area contributed by atoms with E-state index in [4.69, 9.17) is 9.47 Å². The van der Waals surface area contributed by atoms with Crippen LogP contribution < -0.4 is 9.46 Å². The van der Waals surface area contributed by atoms with Gasteiger partial charge in [-0.15, -0.1) is 0 Å². The van der Waals surface area contributed by atoms with Gasteiger partial charge in [-0.2, -0.15) is 0 Å². The molecule has 0 unspecified atom stereocenters. The summed E-state index contributed by atoms with van der Waals surface area (Å²) in [4.78, 5) is 0.233. The van der Waals surface area contributed by atoms with Gasteiger partial charge in [0, 0.05) is 13.7 Å². The van der Waals surface area contributed by atoms with Crippen LogP contribution in [0.5, 0.6) is 5.75 Å². The van der Waals surface area contributed by atoms with Gasteiger partial charge in [0.2, 0.25) is 10.0 Å². The zero-order valence-corrected chi connectivity index (χ0v) is 12.7. The zero-order valence-electron chi connectivity index (χ0n) is 11.8. The third-order valence-electron chi connectivity index (χ3n) is 2.53. The molecule has 5 nitrogen and oxygen atoms in total. The summed E-state index contributed by atoms with van der Waals surface area (Å²) in [5, 5.41) is 0. The predicted octanol–water partition coefficient (Wildman–Crippen LogP) is 1.96. The molecule has 0 aliphatic carbocycles. The Morgan fingerprint density at radius 2 is 1.90 bits per heavy atom. The van der Waals surface area contributed by atoms with Gasteiger partial charge in [-0.05, 0) is 37.6 Å². The molecule has 0 aliphatic rings. The summed E-state index contributed by atoms with van der Waals surface area (Å²) >= 11 is 0. The van der Waals surface area contributed by atoms with Crippen molar-refractivity contribution in [2.45, 2.75) is 18.2 Å². The monoisotopic (exact) mass is 299 g/mol. The van der Waals surface area contributed by atoms with E-state index in [-0.39, 0.29) is 4.90 Å². The SMILES string of the molecule is C/C=C/CCNS(=O)(=O)c1ccc(OCCOC)cc1. The van der Waals surface area contributed by atoms with Crippen LogP contribution in [-0.2, 0) is 14.8 Å². The smallest absolute Gasteiger partial charge is 0.240 e. The summed E-state index contributed by atoms with van der Waals surface area (Å²) in [5.41, 5.74) is 0. The quantitative estimate of drug-likeness (QED) is 0.559. The van der Waals surface area contributed by atoms with Crippen molar-refractivity contribution in [2.24, 2.45) is 0 Å². The van der Waals surface area contributed by atoms with Crippen molar-refractivity contribution < 1.29 is 17.9 Å². The Bertz CT molecular complexity index is 508. The number of hydrogen-bond acceptors (Lipinski definition) is 4. The molecule has 0 fully saturated rings. The van der Waals surface area contributed by atoms with Gasteiger partial charge in [0.25, 0.3) is 0 Å². The fourth-order valence-corrected chi connectivity index (χ4v) is 2.53. The molecule has 0 aliphatic heterocycles. The number of sulfonamides is 1. The van der Waals surface area contributed by atoms with E-state index < -0.39 is 10.0 Å². The number of benzene rings is 1. The summed E-state index contributed by atoms with van der Waals surface area (Å²) in [6.45, 7) is 3.21. The molecule has 0 aromatic heterocycles. The molecule has 1 aromatic rings. The third kappa shape index (κ3) is 5.73. The summed E-state index contributed by atoms with van der Waals surface area (Å²) in [6.07, 6.45) is 4.48. The number of methoxy groups -OCH3 is 1. The van der Waals surface area contributed by atoms with E-state index in [1.54, 1.807) is 19.2 Å². The molecular formula is C14H21NO4S. The Kier molecular flexibility index (Phi) is 7.28. The highest BCUT2D eigenvalue weighted by Crippen LogP contribution is 2.15. The van der Waals surface area contributed by atoms with Crippen LogP contribution in [0.15, 0.2) is 41.3 Å². The fourth-order valence-electron chi connectivity index (χ4n) is 1.48. The van der Waals surface area contributed by atoms with Crippen LogP contribution in [0.1, 0.15) is 13.3 Å². The van der Waals surface area contributed by atoms with Crippen molar-refractivity contribution in [1.29, 1.82) is 0 Å². The lowest BCUT2D eigenvalue weighted by atomic mass is 10.3. The lowest BCUT2D eigenvalue weighted by molar-refractivity contribution is 0.146. The van der Waals surface area contributed by atoms with Gasteiger partial charge in [0.1, 0.15) is 12.4 Å². The molecule has 112 valence electrons. The average Bonchev–Trinajstić information content (AvgIpc) is 2.45. The van der Waals surface area contributed by atoms with Gasteiger partial charge in [-0.1, -0.05) is 12.2 Å². The lowest BCUT2D eigenvalue weighted by Crippen LogP contribution is -2.24. The molecule has 0 radical (unpaired) electrons. The maximum absolute atomic E-state index is 12.0. The first-order valence-electron chi connectivity index (χ1n) is 6.43. The molecular weight excluding hydrogens is 278 g/mol. The van der Waals surface area contributed by atoms with E-state index in [1.165, 1.54) is 12.1 Å². The number of ether oxygens (including phenoxy) is 2. The largest absolute Gasteiger partial charge is 0.491 e. The van der Waals surface area contributed by atoms with E-state index in [9.17, 15) is 8.42 Å². The molecule has 0 bridgehead atoms. The number of allylic oxidation sites excluding steroid dienone is 1. The third-order valence-corrected chi connectivity index (χ3v) is 4.01. The molecule has 20 heavy (non-hydrogen) atoms. The predicted molar refractivity (Wildman–Crippen MR) is 78.4 cm³/mol. The lowest BCUT2D eigenvalue weighted by Gasteiger charge is -2.08. The fraction of sp³-hybridized carbons (Fsp3) is 0.429. The highest BCUT2D eigenvalue weighted by Gasteiger charge is 2.12. The van der Waals surface area contributed by atoms with Crippen LogP contribution in [-0.4, -0.2) is 35.3 Å². The standard InChI is InChI=1S/C14H21NO4S/c1-3-4-5-10-15-20(16,17)14-8-6-13(7-9-14)19-12-11-18-2/h3-4,6-9,15H,5,10-12H2,1-2H3/b4-3+. The van der Waals surface area contributed by atoms with Gasteiger partial charge in [0.05, 0.1) is 11.5 Å². The summed E-state index contributed by atoms with van der Waals surface area (Å²) < 4.78 is 36.7. The van der Waals surface area contributed by atoms with Crippen LogP contribution in [0, 0.1) is 0 Å². The molecule has 0 spiro atoms. The Labute approximate surface area is 120 Å². The van der Waals surface area contributed by atoms with Gasteiger partial charge in [-0.3, -0.25) is 0 Å². The molecule has 1 N–H and O–H groups in total. The molecule has 1 aromatic carbocycles. The highest BCUT2D eigenvalue weighted by atomic mass is 32.2.